The predicted molar refractivity (Wildman–Crippen MR) is 43.0 cm³/mol. The molecule has 0 spiro atoms. The third-order valence-corrected chi connectivity index (χ3v) is 0.478. The quantitative estimate of drug-likeness (QED) is 0.490. The van der Waals surface area contributed by atoms with Crippen LogP contribution in [0.2, 0.25) is 0 Å². The van der Waals surface area contributed by atoms with E-state index in [0.717, 1.165) is 0 Å². The zero-order valence-corrected chi connectivity index (χ0v) is 7.11. The van der Waals surface area contributed by atoms with Crippen molar-refractivity contribution in [1.82, 2.24) is 9.97 Å². The van der Waals surface area contributed by atoms with E-state index in [9.17, 15) is 0 Å². The lowest BCUT2D eigenvalue weighted by Crippen LogP contribution is -1.66. The second-order valence-corrected chi connectivity index (χ2v) is 3.91. The Bertz CT molecular complexity index is 191. The fourth-order valence-corrected chi connectivity index (χ4v) is 0.253. The molecule has 0 saturated carbocycles. The van der Waals surface area contributed by atoms with Gasteiger partial charge in [0.05, 0.1) is 0 Å². The molecule has 0 unspecified atom stereocenters. The van der Waals surface area contributed by atoms with Crippen LogP contribution >= 0.6 is 6.72 Å². The maximum Gasteiger partial charge on any atom is 0.319 e. The van der Waals surface area contributed by atoms with Crippen LogP contribution in [-0.4, -0.2) is 24.6 Å². The van der Waals surface area contributed by atoms with Gasteiger partial charge in [0.25, 0.3) is 0 Å². The zero-order chi connectivity index (χ0) is 8.74. The first-order valence-electron chi connectivity index (χ1n) is 2.48. The molecule has 0 atom stereocenters. The minimum Gasteiger partial charge on any atom is -0.325 e. The second-order valence-electron chi connectivity index (χ2n) is 1.42. The fraction of sp³-hybridized carbons (Fsp3) is 0. The molecule has 5 nitrogen and oxygen atoms in total. The van der Waals surface area contributed by atoms with Crippen LogP contribution in [0.4, 0.5) is 0 Å². The molecule has 0 saturated heterocycles. The Kier molecular flexibility index (Phi) is 5.10. The third-order valence-electron chi connectivity index (χ3n) is 0.478. The second kappa shape index (κ2) is 5.29. The van der Waals surface area contributed by atoms with Crippen LogP contribution in [0, 0.1) is 0 Å². The Hall–Kier alpha value is -0.390. The van der Waals surface area contributed by atoms with E-state index >= 15 is 0 Å². The molecule has 1 heterocycles. The van der Waals surface area contributed by atoms with Crippen molar-refractivity contribution in [3.05, 3.63) is 24.8 Å². The number of rotatable bonds is 0. The van der Waals surface area contributed by atoms with Crippen LogP contribution < -0.4 is 0 Å². The molecule has 0 aromatic carbocycles. The smallest absolute Gasteiger partial charge is 0.319 e. The van der Waals surface area contributed by atoms with Gasteiger partial charge in [-0.25, -0.2) is 9.97 Å². The van der Waals surface area contributed by atoms with Gasteiger partial charge in [-0.1, -0.05) is 0 Å². The molecule has 1 aromatic heterocycles. The Labute approximate surface area is 68.6 Å². The van der Waals surface area contributed by atoms with Gasteiger partial charge < -0.3 is 14.7 Å². The first kappa shape index (κ1) is 10.6. The molecule has 0 fully saturated rings. The molecule has 11 heavy (non-hydrogen) atoms. The van der Waals surface area contributed by atoms with E-state index in [1.54, 1.807) is 18.5 Å². The van der Waals surface area contributed by atoms with Gasteiger partial charge in [0.15, 0.2) is 0 Å². The summed E-state index contributed by atoms with van der Waals surface area (Å²) < 4.78 is 0. The molecule has 3 N–H and O–H groups in total. The molecule has 1 rings (SSSR count). The molecule has 0 bridgehead atoms. The lowest BCUT2D eigenvalue weighted by molar-refractivity contribution is 0.363. The van der Waals surface area contributed by atoms with Gasteiger partial charge in [-0.15, -0.1) is 0 Å². The molecule has 1 aromatic rings. The number of aromatic nitrogens is 2. The van der Waals surface area contributed by atoms with Crippen molar-refractivity contribution in [2.45, 2.75) is 0 Å². The summed E-state index contributed by atoms with van der Waals surface area (Å²) in [6, 6.07) is 1.78. The van der Waals surface area contributed by atoms with Crippen molar-refractivity contribution in [2.24, 2.45) is 0 Å². The molecule has 0 aliphatic rings. The largest absolute Gasteiger partial charge is 0.325 e. The highest BCUT2D eigenvalue weighted by atomic mass is 32.5. The number of nitrogens with zero attached hydrogens (tertiary/aromatic N) is 2. The highest BCUT2D eigenvalue weighted by molar-refractivity contribution is 8.06. The normalized spacial score (nSPS) is 9.73. The average Bonchev–Trinajstić information content (AvgIpc) is 1.88. The lowest BCUT2D eigenvalue weighted by atomic mass is 10.7. The summed E-state index contributed by atoms with van der Waals surface area (Å²) in [5, 5.41) is 0. The average molecular weight is 194 g/mol. The minimum atomic E-state index is -3.81. The third kappa shape index (κ3) is 17.7. The molecule has 0 aliphatic heterocycles. The molecular formula is C4H7N2O3PS. The van der Waals surface area contributed by atoms with Gasteiger partial charge in [-0.05, 0) is 17.9 Å². The number of hydrogen-bond acceptors (Lipinski definition) is 3. The van der Waals surface area contributed by atoms with E-state index in [1.165, 1.54) is 6.33 Å². The lowest BCUT2D eigenvalue weighted by Gasteiger charge is -1.88. The predicted octanol–water partition coefficient (Wildman–Crippen LogP) is -0.336. The molecule has 7 heteroatoms. The van der Waals surface area contributed by atoms with E-state index in [4.69, 9.17) is 14.7 Å². The van der Waals surface area contributed by atoms with Crippen LogP contribution in [0.5, 0.6) is 0 Å². The van der Waals surface area contributed by atoms with Gasteiger partial charge in [0.2, 0.25) is 0 Å². The topological polar surface area (TPSA) is 86.5 Å². The Morgan fingerprint density at radius 1 is 1.09 bits per heavy atom. The minimum absolute atomic E-state index is 1.50. The zero-order valence-electron chi connectivity index (χ0n) is 5.40. The van der Waals surface area contributed by atoms with Crippen LogP contribution in [0.25, 0.3) is 0 Å². The van der Waals surface area contributed by atoms with Crippen LogP contribution in [0.15, 0.2) is 24.8 Å². The van der Waals surface area contributed by atoms with Crippen molar-refractivity contribution in [2.75, 3.05) is 0 Å². The summed E-state index contributed by atoms with van der Waals surface area (Å²) in [7, 11) is 0. The summed E-state index contributed by atoms with van der Waals surface area (Å²) in [5.41, 5.74) is 0. The molecule has 62 valence electrons. The summed E-state index contributed by atoms with van der Waals surface area (Å²) in [5.74, 6) is 0. The summed E-state index contributed by atoms with van der Waals surface area (Å²) >= 11 is 3.60. The molecular weight excluding hydrogens is 187 g/mol. The maximum absolute atomic E-state index is 7.56. The Morgan fingerprint density at radius 2 is 1.45 bits per heavy atom. The summed E-state index contributed by atoms with van der Waals surface area (Å²) in [4.78, 5) is 30.0. The number of hydrogen-bond donors (Lipinski definition) is 3. The van der Waals surface area contributed by atoms with Crippen molar-refractivity contribution >= 4 is 18.5 Å². The highest BCUT2D eigenvalue weighted by Crippen LogP contribution is 2.26. The van der Waals surface area contributed by atoms with E-state index in [2.05, 4.69) is 21.8 Å². The van der Waals surface area contributed by atoms with Crippen molar-refractivity contribution in [3.8, 4) is 0 Å². The van der Waals surface area contributed by atoms with Gasteiger partial charge in [-0.3, -0.25) is 0 Å². The van der Waals surface area contributed by atoms with Crippen LogP contribution in [-0.2, 0) is 11.8 Å². The van der Waals surface area contributed by atoms with Crippen molar-refractivity contribution < 1.29 is 14.7 Å². The van der Waals surface area contributed by atoms with E-state index in [1.807, 2.05) is 0 Å². The van der Waals surface area contributed by atoms with Gasteiger partial charge in [0, 0.05) is 12.4 Å². The summed E-state index contributed by atoms with van der Waals surface area (Å²) in [6.07, 6.45) is 4.88. The SMILES string of the molecule is OP(O)(O)=S.c1cncnc1. The van der Waals surface area contributed by atoms with Gasteiger partial charge >= 0.3 is 6.72 Å². The highest BCUT2D eigenvalue weighted by Gasteiger charge is 1.92. The monoisotopic (exact) mass is 194 g/mol. The van der Waals surface area contributed by atoms with Crippen LogP contribution in [0.3, 0.4) is 0 Å². The Morgan fingerprint density at radius 3 is 1.55 bits per heavy atom. The summed E-state index contributed by atoms with van der Waals surface area (Å²) in [6.45, 7) is -3.81. The van der Waals surface area contributed by atoms with E-state index in [-0.39, 0.29) is 0 Å². The van der Waals surface area contributed by atoms with Gasteiger partial charge in [0.1, 0.15) is 6.33 Å². The molecule has 0 amide bonds. The van der Waals surface area contributed by atoms with Gasteiger partial charge in [-0.2, -0.15) is 0 Å². The Balaban J connectivity index is 0.000000187. The standard InChI is InChI=1S/C4H4N2.H3O3PS/c1-2-5-4-6-3-1;1-4(2,3)5/h1-4H;(H3,1,2,3,5). The first-order valence-corrected chi connectivity index (χ1v) is 5.14. The first-order chi connectivity index (χ1) is 5.00. The van der Waals surface area contributed by atoms with Crippen molar-refractivity contribution in [1.29, 1.82) is 0 Å². The molecule has 0 aliphatic carbocycles. The van der Waals surface area contributed by atoms with E-state index < -0.39 is 6.72 Å². The fourth-order valence-electron chi connectivity index (χ4n) is 0.253. The molecule has 0 radical (unpaired) electrons. The van der Waals surface area contributed by atoms with Crippen molar-refractivity contribution in [3.63, 3.8) is 0 Å². The maximum atomic E-state index is 7.56. The van der Waals surface area contributed by atoms with Crippen LogP contribution in [0.1, 0.15) is 0 Å². The van der Waals surface area contributed by atoms with E-state index in [0.29, 0.717) is 0 Å².